The first-order valence-corrected chi connectivity index (χ1v) is 10.1. The van der Waals surface area contributed by atoms with Gasteiger partial charge in [-0.05, 0) is 43.5 Å². The molecule has 0 aliphatic rings. The van der Waals surface area contributed by atoms with Crippen LogP contribution in [0.3, 0.4) is 0 Å². The van der Waals surface area contributed by atoms with E-state index >= 15 is 0 Å². The van der Waals surface area contributed by atoms with E-state index in [-0.39, 0.29) is 0 Å². The SMILES string of the molecule is Cc1cc(C(=O)OCC(=O)Nc2c(Cl)cccc2Cl)c(C)n1Cc1cccs1. The Morgan fingerprint density at radius 2 is 1.86 bits per heavy atom. The minimum absolute atomic E-state index is 0.293. The smallest absolute Gasteiger partial charge is 0.340 e. The number of carbonyl (C=O) groups is 2. The molecule has 0 radical (unpaired) electrons. The van der Waals surface area contributed by atoms with Gasteiger partial charge in [0.2, 0.25) is 0 Å². The molecule has 5 nitrogen and oxygen atoms in total. The molecule has 8 heteroatoms. The number of ether oxygens (including phenoxy) is 1. The second-order valence-corrected chi connectivity index (χ2v) is 8.02. The first-order chi connectivity index (χ1) is 13.4. The highest BCUT2D eigenvalue weighted by Crippen LogP contribution is 2.29. The van der Waals surface area contributed by atoms with Crippen molar-refractivity contribution in [2.45, 2.75) is 20.4 Å². The number of hydrogen-bond donors (Lipinski definition) is 1. The third-order valence-electron chi connectivity index (χ3n) is 4.25. The van der Waals surface area contributed by atoms with Gasteiger partial charge in [0.05, 0.1) is 27.8 Å². The molecule has 0 saturated heterocycles. The lowest BCUT2D eigenvalue weighted by molar-refractivity contribution is -0.119. The second-order valence-electron chi connectivity index (χ2n) is 6.17. The molecule has 0 aliphatic heterocycles. The number of carbonyl (C=O) groups excluding carboxylic acids is 2. The van der Waals surface area contributed by atoms with E-state index in [2.05, 4.69) is 5.32 Å². The van der Waals surface area contributed by atoms with Gasteiger partial charge in [-0.15, -0.1) is 11.3 Å². The van der Waals surface area contributed by atoms with Crippen LogP contribution < -0.4 is 5.32 Å². The number of benzene rings is 1. The number of hydrogen-bond acceptors (Lipinski definition) is 4. The van der Waals surface area contributed by atoms with Crippen molar-refractivity contribution >= 4 is 52.1 Å². The number of nitrogens with one attached hydrogen (secondary N) is 1. The summed E-state index contributed by atoms with van der Waals surface area (Å²) in [5.41, 5.74) is 2.48. The van der Waals surface area contributed by atoms with Gasteiger partial charge >= 0.3 is 5.97 Å². The normalized spacial score (nSPS) is 10.7. The molecule has 2 aromatic heterocycles. The third kappa shape index (κ3) is 4.58. The van der Waals surface area contributed by atoms with E-state index in [1.807, 2.05) is 35.9 Å². The highest BCUT2D eigenvalue weighted by atomic mass is 35.5. The predicted octanol–water partition coefficient (Wildman–Crippen LogP) is 5.32. The molecule has 0 saturated carbocycles. The number of halogens is 2. The van der Waals surface area contributed by atoms with E-state index in [9.17, 15) is 9.59 Å². The van der Waals surface area contributed by atoms with E-state index in [4.69, 9.17) is 27.9 Å². The number of thiophene rings is 1. The molecule has 0 aliphatic carbocycles. The summed E-state index contributed by atoms with van der Waals surface area (Å²) in [6, 6.07) is 10.7. The van der Waals surface area contributed by atoms with Crippen LogP contribution in [0.4, 0.5) is 5.69 Å². The summed E-state index contributed by atoms with van der Waals surface area (Å²) >= 11 is 13.7. The summed E-state index contributed by atoms with van der Waals surface area (Å²) in [4.78, 5) is 25.8. The molecule has 0 atom stereocenters. The fraction of sp³-hybridized carbons (Fsp3) is 0.200. The van der Waals surface area contributed by atoms with Crippen molar-refractivity contribution in [3.8, 4) is 0 Å². The number of rotatable bonds is 6. The van der Waals surface area contributed by atoms with Crippen LogP contribution in [0.1, 0.15) is 26.6 Å². The number of esters is 1. The van der Waals surface area contributed by atoms with Gasteiger partial charge in [0.1, 0.15) is 0 Å². The maximum atomic E-state index is 12.5. The molecule has 28 heavy (non-hydrogen) atoms. The minimum atomic E-state index is -0.550. The monoisotopic (exact) mass is 436 g/mol. The zero-order valence-electron chi connectivity index (χ0n) is 15.3. The molecule has 0 spiro atoms. The fourth-order valence-electron chi connectivity index (χ4n) is 2.81. The van der Waals surface area contributed by atoms with Gasteiger partial charge < -0.3 is 14.6 Å². The van der Waals surface area contributed by atoms with E-state index in [1.165, 1.54) is 4.88 Å². The van der Waals surface area contributed by atoms with Gasteiger partial charge in [-0.3, -0.25) is 4.79 Å². The van der Waals surface area contributed by atoms with Crippen LogP contribution >= 0.6 is 34.5 Å². The number of aryl methyl sites for hydroxylation is 1. The zero-order valence-corrected chi connectivity index (χ0v) is 17.6. The van der Waals surface area contributed by atoms with E-state index in [0.29, 0.717) is 27.8 Å². The van der Waals surface area contributed by atoms with E-state index < -0.39 is 18.5 Å². The lowest BCUT2D eigenvalue weighted by Gasteiger charge is -2.10. The Morgan fingerprint density at radius 1 is 1.14 bits per heavy atom. The van der Waals surface area contributed by atoms with Crippen molar-refractivity contribution in [3.05, 3.63) is 73.7 Å². The predicted molar refractivity (Wildman–Crippen MR) is 113 cm³/mol. The van der Waals surface area contributed by atoms with Crippen molar-refractivity contribution < 1.29 is 14.3 Å². The topological polar surface area (TPSA) is 60.3 Å². The zero-order chi connectivity index (χ0) is 20.3. The molecule has 1 amide bonds. The molecule has 2 heterocycles. The summed E-state index contributed by atoms with van der Waals surface area (Å²) in [5, 5.41) is 5.20. The molecule has 0 unspecified atom stereocenters. The molecule has 3 rings (SSSR count). The third-order valence-corrected chi connectivity index (χ3v) is 5.74. The molecule has 0 bridgehead atoms. The van der Waals surface area contributed by atoms with Crippen molar-refractivity contribution in [1.82, 2.24) is 4.57 Å². The Hall–Kier alpha value is -2.28. The Labute approximate surface area is 176 Å². The van der Waals surface area contributed by atoms with Gasteiger partial charge in [-0.2, -0.15) is 0 Å². The first kappa shape index (κ1) is 20.5. The summed E-state index contributed by atoms with van der Waals surface area (Å²) in [6.45, 7) is 4.05. The van der Waals surface area contributed by atoms with Gasteiger partial charge in [0.15, 0.2) is 6.61 Å². The quantitative estimate of drug-likeness (QED) is 0.532. The number of amides is 1. The lowest BCUT2D eigenvalue weighted by Crippen LogP contribution is -2.21. The molecular weight excluding hydrogens is 419 g/mol. The largest absolute Gasteiger partial charge is 0.452 e. The molecule has 3 aromatic rings. The van der Waals surface area contributed by atoms with Crippen LogP contribution in [0.2, 0.25) is 10.0 Å². The average Bonchev–Trinajstić information content (AvgIpc) is 3.26. The standard InChI is InChI=1S/C20H18Cl2N2O3S/c1-12-9-15(13(2)24(12)10-14-5-4-8-28-14)20(26)27-11-18(25)23-19-16(21)6-3-7-17(19)22/h3-9H,10-11H2,1-2H3,(H,23,25). The molecule has 1 aromatic carbocycles. The number of para-hydroxylation sites is 1. The van der Waals surface area contributed by atoms with Crippen molar-refractivity contribution in [1.29, 1.82) is 0 Å². The summed E-state index contributed by atoms with van der Waals surface area (Å²) in [6.07, 6.45) is 0. The average molecular weight is 437 g/mol. The molecular formula is C20H18Cl2N2O3S. The van der Waals surface area contributed by atoms with Crippen LogP contribution in [0.5, 0.6) is 0 Å². The van der Waals surface area contributed by atoms with Crippen LogP contribution in [0.15, 0.2) is 41.8 Å². The Morgan fingerprint density at radius 3 is 2.50 bits per heavy atom. The number of nitrogens with zero attached hydrogens (tertiary/aromatic N) is 1. The lowest BCUT2D eigenvalue weighted by atomic mass is 10.2. The summed E-state index contributed by atoms with van der Waals surface area (Å²) in [5.74, 6) is -1.07. The van der Waals surface area contributed by atoms with E-state index in [0.717, 1.165) is 11.4 Å². The van der Waals surface area contributed by atoms with Gasteiger partial charge in [-0.25, -0.2) is 4.79 Å². The fourth-order valence-corrected chi connectivity index (χ4v) is 4.00. The highest BCUT2D eigenvalue weighted by Gasteiger charge is 2.19. The second kappa shape index (κ2) is 8.82. The maximum absolute atomic E-state index is 12.5. The molecule has 0 fully saturated rings. The first-order valence-electron chi connectivity index (χ1n) is 8.47. The van der Waals surface area contributed by atoms with Crippen LogP contribution in [0.25, 0.3) is 0 Å². The molecule has 1 N–H and O–H groups in total. The number of aromatic nitrogens is 1. The van der Waals surface area contributed by atoms with Crippen LogP contribution in [-0.2, 0) is 16.1 Å². The minimum Gasteiger partial charge on any atom is -0.452 e. The van der Waals surface area contributed by atoms with Gasteiger partial charge in [-0.1, -0.05) is 35.3 Å². The van der Waals surface area contributed by atoms with Crippen LogP contribution in [0, 0.1) is 13.8 Å². The summed E-state index contributed by atoms with van der Waals surface area (Å²) in [7, 11) is 0. The Bertz CT molecular complexity index is 993. The Kier molecular flexibility index (Phi) is 6.44. The summed E-state index contributed by atoms with van der Waals surface area (Å²) < 4.78 is 7.23. The highest BCUT2D eigenvalue weighted by molar-refractivity contribution is 7.09. The number of anilines is 1. The maximum Gasteiger partial charge on any atom is 0.340 e. The van der Waals surface area contributed by atoms with Crippen molar-refractivity contribution in [2.75, 3.05) is 11.9 Å². The van der Waals surface area contributed by atoms with Gasteiger partial charge in [0.25, 0.3) is 5.91 Å². The van der Waals surface area contributed by atoms with Gasteiger partial charge in [0, 0.05) is 16.3 Å². The van der Waals surface area contributed by atoms with Crippen LogP contribution in [-0.4, -0.2) is 23.1 Å². The Balaban J connectivity index is 1.64. The van der Waals surface area contributed by atoms with Crippen molar-refractivity contribution in [3.63, 3.8) is 0 Å². The molecule has 146 valence electrons. The van der Waals surface area contributed by atoms with E-state index in [1.54, 1.807) is 35.6 Å². The van der Waals surface area contributed by atoms with Crippen molar-refractivity contribution in [2.24, 2.45) is 0 Å².